The van der Waals surface area contributed by atoms with E-state index in [9.17, 15) is 45.4 Å². The third-order valence-corrected chi connectivity index (χ3v) is 7.12. The van der Waals surface area contributed by atoms with Crippen molar-refractivity contribution < 1.29 is 45.4 Å². The van der Waals surface area contributed by atoms with Crippen molar-refractivity contribution in [2.24, 2.45) is 0 Å². The van der Waals surface area contributed by atoms with Gasteiger partial charge in [0, 0.05) is 36.3 Å². The smallest absolute Gasteiger partial charge is 0.389 e. The molecule has 1 saturated heterocycles. The van der Waals surface area contributed by atoms with Crippen LogP contribution in [0.2, 0.25) is 0 Å². The van der Waals surface area contributed by atoms with E-state index in [0.29, 0.717) is 17.4 Å². The van der Waals surface area contributed by atoms with Crippen LogP contribution in [0.25, 0.3) is 10.4 Å². The van der Waals surface area contributed by atoms with E-state index in [1.807, 2.05) is 0 Å². The normalized spacial score (nSPS) is 18.2. The van der Waals surface area contributed by atoms with Gasteiger partial charge in [-0.3, -0.25) is 9.59 Å². The molecule has 1 aliphatic heterocycles. The average Bonchev–Trinajstić information content (AvgIpc) is 3.39. The molecule has 2 aromatic rings. The largest absolute Gasteiger partial charge is 0.408 e. The zero-order valence-electron chi connectivity index (χ0n) is 21.9. The molecule has 1 fully saturated rings. The minimum absolute atomic E-state index is 0.235. The molecule has 1 aliphatic rings. The first-order valence-electron chi connectivity index (χ1n) is 12.1. The lowest BCUT2D eigenvalue weighted by Gasteiger charge is -2.22. The van der Waals surface area contributed by atoms with Gasteiger partial charge in [0.2, 0.25) is 0 Å². The summed E-state index contributed by atoms with van der Waals surface area (Å²) in [5, 5.41) is 14.0. The molecule has 2 aromatic heterocycles. The maximum absolute atomic E-state index is 14.2. The lowest BCUT2D eigenvalue weighted by molar-refractivity contribution is -0.142. The Bertz CT molecular complexity index is 1250. The van der Waals surface area contributed by atoms with Crippen molar-refractivity contribution in [3.8, 4) is 10.4 Å². The van der Waals surface area contributed by atoms with Crippen LogP contribution in [-0.4, -0.2) is 74.7 Å². The lowest BCUT2D eigenvalue weighted by Crippen LogP contribution is -2.38. The van der Waals surface area contributed by atoms with Crippen molar-refractivity contribution in [2.75, 3.05) is 18.4 Å². The number of nitrogens with one attached hydrogen (secondary N) is 2. The third-order valence-electron chi connectivity index (χ3n) is 6.04. The minimum Gasteiger partial charge on any atom is -0.389 e. The van der Waals surface area contributed by atoms with Crippen molar-refractivity contribution in [3.05, 3.63) is 28.5 Å². The highest BCUT2D eigenvalue weighted by Crippen LogP contribution is 2.40. The maximum Gasteiger partial charge on any atom is 0.408 e. The fourth-order valence-corrected chi connectivity index (χ4v) is 5.06. The molecule has 3 rings (SSSR count). The van der Waals surface area contributed by atoms with E-state index in [4.69, 9.17) is 0 Å². The highest BCUT2D eigenvalue weighted by atomic mass is 32.1. The van der Waals surface area contributed by atoms with Crippen molar-refractivity contribution in [1.82, 2.24) is 20.2 Å². The second-order valence-corrected chi connectivity index (χ2v) is 11.1. The molecule has 16 heteroatoms. The summed E-state index contributed by atoms with van der Waals surface area (Å²) in [5.41, 5.74) is -3.10. The number of aromatic nitrogens is 2. The number of carbonyl (C=O) groups excluding carboxylic acids is 2. The fourth-order valence-electron chi connectivity index (χ4n) is 4.05. The second-order valence-electron chi connectivity index (χ2n) is 10.1. The molecule has 0 radical (unpaired) electrons. The number of aliphatic hydroxyl groups is 1. The highest BCUT2D eigenvalue weighted by Gasteiger charge is 2.46. The van der Waals surface area contributed by atoms with Crippen molar-refractivity contribution in [3.63, 3.8) is 0 Å². The number of carbonyl (C=O) groups is 2. The third kappa shape index (κ3) is 7.38. The maximum atomic E-state index is 14.2. The number of amides is 2. The standard InChI is InChI=1S/C24H28F7N5O3S/c1-5-14(24(29,30)31)34-15-6-12(18(25)26)13(8-32-15)17-16(21(38)36-10-23(27,28)7-11(36)2)35-20(40-17)19(37)33-9-22(3,4)39/h6,8,11,14,18,39H,5,7,9-10H2,1-4H3,(H,32,34)(H,33,37)/t11-,14?/m0/s1. The monoisotopic (exact) mass is 599 g/mol. The molecule has 0 aliphatic carbocycles. The van der Waals surface area contributed by atoms with E-state index < -0.39 is 90.0 Å². The van der Waals surface area contributed by atoms with E-state index in [1.165, 1.54) is 27.7 Å². The van der Waals surface area contributed by atoms with Crippen LogP contribution in [0.3, 0.4) is 0 Å². The zero-order chi connectivity index (χ0) is 30.2. The molecule has 0 saturated carbocycles. The van der Waals surface area contributed by atoms with Crippen molar-refractivity contribution in [2.45, 2.75) is 76.7 Å². The number of halogens is 7. The molecule has 1 unspecified atom stereocenters. The van der Waals surface area contributed by atoms with Crippen LogP contribution in [-0.2, 0) is 0 Å². The van der Waals surface area contributed by atoms with E-state index in [0.717, 1.165) is 11.1 Å². The summed E-state index contributed by atoms with van der Waals surface area (Å²) >= 11 is 0.506. The minimum atomic E-state index is -4.68. The van der Waals surface area contributed by atoms with E-state index in [2.05, 4.69) is 20.6 Å². The zero-order valence-corrected chi connectivity index (χ0v) is 22.7. The number of alkyl halides is 7. The van der Waals surface area contributed by atoms with Crippen LogP contribution in [0.15, 0.2) is 12.3 Å². The van der Waals surface area contributed by atoms with E-state index >= 15 is 0 Å². The number of rotatable bonds is 9. The molecule has 3 heterocycles. The Hall–Kier alpha value is -3.01. The summed E-state index contributed by atoms with van der Waals surface area (Å²) < 4.78 is 96.0. The summed E-state index contributed by atoms with van der Waals surface area (Å²) in [6, 6.07) is -2.30. The SMILES string of the molecule is CCC(Nc1cc(C(F)F)c(-c2sc(C(=O)NCC(C)(C)O)nc2C(=O)N2CC(F)(F)C[C@@H]2C)cn1)C(F)(F)F. The Morgan fingerprint density at radius 2 is 1.93 bits per heavy atom. The number of anilines is 1. The first-order chi connectivity index (χ1) is 18.3. The van der Waals surface area contributed by atoms with Crippen LogP contribution in [0, 0.1) is 0 Å². The van der Waals surface area contributed by atoms with Gasteiger partial charge < -0.3 is 20.6 Å². The number of hydrogen-bond acceptors (Lipinski definition) is 7. The van der Waals surface area contributed by atoms with Gasteiger partial charge in [0.25, 0.3) is 24.2 Å². The summed E-state index contributed by atoms with van der Waals surface area (Å²) in [7, 11) is 0. The number of thiazole rings is 1. The lowest BCUT2D eigenvalue weighted by atomic mass is 10.1. The number of hydrogen-bond donors (Lipinski definition) is 3. The Balaban J connectivity index is 2.10. The predicted octanol–water partition coefficient (Wildman–Crippen LogP) is 5.27. The summed E-state index contributed by atoms with van der Waals surface area (Å²) in [4.78, 5) is 34.4. The molecule has 2 amide bonds. The van der Waals surface area contributed by atoms with Crippen LogP contribution >= 0.6 is 11.3 Å². The predicted molar refractivity (Wildman–Crippen MR) is 133 cm³/mol. The van der Waals surface area contributed by atoms with Gasteiger partial charge in [-0.15, -0.1) is 11.3 Å². The molecule has 40 heavy (non-hydrogen) atoms. The van der Waals surface area contributed by atoms with E-state index in [1.54, 1.807) is 0 Å². The Labute approximate surface area is 229 Å². The summed E-state index contributed by atoms with van der Waals surface area (Å²) in [6.45, 7) is 4.24. The van der Waals surface area contributed by atoms with Crippen LogP contribution in [0.5, 0.6) is 0 Å². The molecule has 222 valence electrons. The Morgan fingerprint density at radius 1 is 1.27 bits per heavy atom. The quantitative estimate of drug-likeness (QED) is 0.340. The topological polar surface area (TPSA) is 107 Å². The second kappa shape index (κ2) is 11.5. The molecule has 0 spiro atoms. The van der Waals surface area contributed by atoms with Gasteiger partial charge in [0.05, 0.1) is 17.0 Å². The first kappa shape index (κ1) is 31.5. The highest BCUT2D eigenvalue weighted by molar-refractivity contribution is 7.17. The van der Waals surface area contributed by atoms with Gasteiger partial charge in [0.15, 0.2) is 5.01 Å². The van der Waals surface area contributed by atoms with Crippen LogP contribution in [0.1, 0.15) is 72.8 Å². The van der Waals surface area contributed by atoms with Gasteiger partial charge in [-0.25, -0.2) is 27.5 Å². The Kier molecular flexibility index (Phi) is 9.03. The van der Waals surface area contributed by atoms with Gasteiger partial charge >= 0.3 is 6.18 Å². The van der Waals surface area contributed by atoms with Gasteiger partial charge in [-0.1, -0.05) is 6.92 Å². The Morgan fingerprint density at radius 3 is 2.42 bits per heavy atom. The molecular formula is C24H28F7N5O3S. The van der Waals surface area contributed by atoms with Crippen LogP contribution in [0.4, 0.5) is 36.6 Å². The average molecular weight is 600 g/mol. The van der Waals surface area contributed by atoms with Crippen LogP contribution < -0.4 is 10.6 Å². The molecule has 0 bridgehead atoms. The summed E-state index contributed by atoms with van der Waals surface area (Å²) in [5.74, 6) is -5.61. The molecule has 2 atom stereocenters. The molecular weight excluding hydrogens is 571 g/mol. The molecule has 0 aromatic carbocycles. The molecule has 8 nitrogen and oxygen atoms in total. The van der Waals surface area contributed by atoms with Crippen molar-refractivity contribution >= 4 is 29.0 Å². The number of pyridine rings is 1. The van der Waals surface area contributed by atoms with E-state index in [-0.39, 0.29) is 16.4 Å². The number of nitrogens with zero attached hydrogens (tertiary/aromatic N) is 3. The van der Waals surface area contributed by atoms with Gasteiger partial charge in [-0.2, -0.15) is 13.2 Å². The fraction of sp³-hybridized carbons (Fsp3) is 0.583. The molecule has 3 N–H and O–H groups in total. The summed E-state index contributed by atoms with van der Waals surface area (Å²) in [6.07, 6.45) is -8.17. The first-order valence-corrected chi connectivity index (χ1v) is 13.0. The number of likely N-dealkylation sites (tertiary alicyclic amines) is 1. The van der Waals surface area contributed by atoms with Crippen molar-refractivity contribution in [1.29, 1.82) is 0 Å². The van der Waals surface area contributed by atoms with Gasteiger partial charge in [0.1, 0.15) is 17.6 Å². The van der Waals surface area contributed by atoms with Gasteiger partial charge in [-0.05, 0) is 33.3 Å².